The van der Waals surface area contributed by atoms with Crippen molar-refractivity contribution in [3.05, 3.63) is 245 Å². The second-order valence-corrected chi connectivity index (χ2v) is 20.2. The molecule has 8 bridgehead atoms. The molecule has 11 rings (SSSR count). The van der Waals surface area contributed by atoms with Gasteiger partial charge < -0.3 is 9.80 Å². The van der Waals surface area contributed by atoms with Crippen LogP contribution in [0.1, 0.15) is 73.4 Å². The molecule has 0 unspecified atom stereocenters. The van der Waals surface area contributed by atoms with Crippen LogP contribution in [0.5, 0.6) is 0 Å². The summed E-state index contributed by atoms with van der Waals surface area (Å²) in [6.45, 7) is 8.45. The second-order valence-electron chi connectivity index (χ2n) is 18.0. The molecule has 4 nitrogen and oxygen atoms in total. The molecule has 8 heteroatoms. The fourth-order valence-corrected chi connectivity index (χ4v) is 11.5. The van der Waals surface area contributed by atoms with E-state index in [1.54, 1.807) is 0 Å². The van der Waals surface area contributed by atoms with Gasteiger partial charge >= 0.3 is 34.1 Å². The van der Waals surface area contributed by atoms with Crippen LogP contribution in [0.15, 0.2) is 84.9 Å². The van der Waals surface area contributed by atoms with E-state index in [1.165, 1.54) is 79.3 Å². The number of thiophene rings is 2. The van der Waals surface area contributed by atoms with E-state index in [4.69, 9.17) is 9.97 Å². The first kappa shape index (κ1) is 56.6. The van der Waals surface area contributed by atoms with Crippen molar-refractivity contribution in [1.82, 2.24) is 19.8 Å². The average Bonchev–Trinajstić information content (AvgIpc) is 4.23. The molecule has 6 aliphatic rings. The predicted octanol–water partition coefficient (Wildman–Crippen LogP) is 15.2. The van der Waals surface area contributed by atoms with Crippen molar-refractivity contribution in [2.75, 3.05) is 40.3 Å². The second kappa shape index (κ2) is 28.7. The molecule has 362 valence electrons. The van der Waals surface area contributed by atoms with E-state index in [0.29, 0.717) is 0 Å². The Hall–Kier alpha value is -3.16. The molecule has 4 aliphatic carbocycles. The molecule has 3 aromatic heterocycles. The number of hydrogen-bond acceptors (Lipinski definition) is 6. The summed E-state index contributed by atoms with van der Waals surface area (Å²) >= 11 is 3.68. The van der Waals surface area contributed by atoms with Crippen molar-refractivity contribution < 1.29 is 34.1 Å². The van der Waals surface area contributed by atoms with Crippen LogP contribution in [0.4, 0.5) is 0 Å². The van der Waals surface area contributed by atoms with E-state index in [1.807, 2.05) is 86.9 Å². The van der Waals surface area contributed by atoms with Gasteiger partial charge in [-0.3, -0.25) is 0 Å². The van der Waals surface area contributed by atoms with Gasteiger partial charge in [-0.05, 0) is 202 Å². The summed E-state index contributed by atoms with van der Waals surface area (Å²) in [5.74, 6) is 5.16. The molecule has 0 N–H and O–H groups in total. The summed E-state index contributed by atoms with van der Waals surface area (Å²) in [5.41, 5.74) is 10.9. The Balaban J connectivity index is 0.000000567. The van der Waals surface area contributed by atoms with Crippen molar-refractivity contribution in [3.63, 3.8) is 0 Å². The van der Waals surface area contributed by atoms with Crippen LogP contribution in [-0.4, -0.2) is 60.0 Å². The Morgan fingerprint density at radius 2 is 0.708 bits per heavy atom. The van der Waals surface area contributed by atoms with Gasteiger partial charge in [0.25, 0.3) is 0 Å². The molecule has 5 aromatic rings. The van der Waals surface area contributed by atoms with Crippen LogP contribution >= 0.6 is 22.7 Å². The minimum Gasteiger partial charge on any atom is -0.306 e. The van der Waals surface area contributed by atoms with Crippen molar-refractivity contribution >= 4 is 65.8 Å². The Bertz CT molecular complexity index is 2490. The van der Waals surface area contributed by atoms with Gasteiger partial charge in [-0.2, -0.15) is 0 Å². The normalized spacial score (nSPS) is 17.0. The quantitative estimate of drug-likeness (QED) is 0.102. The number of nitrogens with zero attached hydrogens (tertiary/aromatic N) is 4. The molecule has 0 spiro atoms. The van der Waals surface area contributed by atoms with Crippen LogP contribution < -0.4 is 0 Å². The van der Waals surface area contributed by atoms with Gasteiger partial charge in [0.1, 0.15) is 0 Å². The first-order valence-electron chi connectivity index (χ1n) is 24.8. The van der Waals surface area contributed by atoms with Crippen LogP contribution in [-0.2, 0) is 34.1 Å². The van der Waals surface area contributed by atoms with Crippen LogP contribution in [0, 0.1) is 126 Å². The molecule has 4 saturated carbocycles. The number of hydrogen-bond donors (Lipinski definition) is 0. The van der Waals surface area contributed by atoms with Crippen molar-refractivity contribution in [3.8, 4) is 22.3 Å². The number of unbranched alkanes of at least 4 members (excludes halogenated alkanes) is 2. The summed E-state index contributed by atoms with van der Waals surface area (Å²) < 4.78 is 4.78. The standard InChI is InChI=1S/C54H52N4S2.2C5H5.2Fe/c1-5-7-33-57(3)35-39-21-15-23-41(39)53-45-27-25-43(55-45)51(37-17-11-9-12-18-37)47-29-30-48(59-47)52(38-19-13-10-14-20-38)44-26-28-46(56-44)54(50-32-31-49(53)60-50)42-24-16-22-40(42)36-58(4)34-8-6-2;2*1-2-4-5-3-1;;/h9-32H,5-8,33-36H2,1-4H3;2*1-5H;;/q;;;2*+2. The summed E-state index contributed by atoms with van der Waals surface area (Å²) in [5, 5.41) is 0. The van der Waals surface area contributed by atoms with E-state index >= 15 is 0 Å². The molecule has 2 aromatic carbocycles. The molecule has 0 atom stereocenters. The van der Waals surface area contributed by atoms with Crippen LogP contribution in [0.3, 0.4) is 0 Å². The van der Waals surface area contributed by atoms with Gasteiger partial charge in [-0.1, -0.05) is 87.4 Å². The summed E-state index contributed by atoms with van der Waals surface area (Å²) in [4.78, 5) is 16.1. The topological polar surface area (TPSA) is 32.3 Å². The minimum atomic E-state index is 0. The maximum absolute atomic E-state index is 5.60. The van der Waals surface area contributed by atoms with Gasteiger partial charge in [0, 0.05) is 77.8 Å². The average molecular weight is 1060 g/mol. The zero-order chi connectivity index (χ0) is 48.1. The molecule has 5 heterocycles. The molecule has 72 heavy (non-hydrogen) atoms. The van der Waals surface area contributed by atoms with Gasteiger partial charge in [-0.25, -0.2) is 9.97 Å². The molecular weight excluding hydrogens is 1000 g/mol. The number of benzene rings is 2. The zero-order valence-electron chi connectivity index (χ0n) is 41.6. The van der Waals surface area contributed by atoms with Gasteiger partial charge in [0.15, 0.2) is 0 Å². The van der Waals surface area contributed by atoms with E-state index < -0.39 is 0 Å². The third-order valence-corrected chi connectivity index (χ3v) is 15.0. The Morgan fingerprint density at radius 1 is 0.389 bits per heavy atom. The maximum atomic E-state index is 5.60. The number of rotatable bonds is 14. The third kappa shape index (κ3) is 14.2. The van der Waals surface area contributed by atoms with Crippen LogP contribution in [0.25, 0.3) is 65.4 Å². The Kier molecular flexibility index (Phi) is 22.5. The molecular formula is C64H62Fe2N4S2+4. The largest absolute Gasteiger partial charge is 2.00 e. The fourth-order valence-electron chi connectivity index (χ4n) is 9.25. The van der Waals surface area contributed by atoms with Gasteiger partial charge in [-0.15, -0.1) is 22.7 Å². The molecule has 20 radical (unpaired) electrons. The van der Waals surface area contributed by atoms with E-state index in [0.717, 1.165) is 71.2 Å². The number of aromatic nitrogens is 2. The molecule has 0 saturated heterocycles. The van der Waals surface area contributed by atoms with Crippen molar-refractivity contribution in [2.24, 2.45) is 0 Å². The Morgan fingerprint density at radius 3 is 1.04 bits per heavy atom. The monoisotopic (exact) mass is 1060 g/mol. The molecule has 4 fully saturated rings. The minimum absolute atomic E-state index is 0. The zero-order valence-corrected chi connectivity index (χ0v) is 45.4. The Labute approximate surface area is 463 Å². The summed E-state index contributed by atoms with van der Waals surface area (Å²) in [7, 11) is 4.49. The van der Waals surface area contributed by atoms with E-state index in [9.17, 15) is 0 Å². The first-order chi connectivity index (χ1) is 34.5. The van der Waals surface area contributed by atoms with E-state index in [-0.39, 0.29) is 34.1 Å². The van der Waals surface area contributed by atoms with Gasteiger partial charge in [0.05, 0.1) is 22.8 Å². The predicted molar refractivity (Wildman–Crippen MR) is 302 cm³/mol. The van der Waals surface area contributed by atoms with Crippen LogP contribution in [0.2, 0.25) is 0 Å². The SMILES string of the molecule is CCCCN(C)C[C]1[CH][CH][CH][C]1c1c2nc(c(-c3ccccc3)c3ccc(s3)c(-c3ccccc3)c3nc(c([C]4[CH][CH][CH][C]4CN(C)CCCC)c4ccc1s4)C=C3)C=C2.[CH]1[CH][CH][CH][CH]1.[CH]1[CH][CH][CH][CH]1.[Fe+2].[Fe+2]. The smallest absolute Gasteiger partial charge is 0.306 e. The fraction of sp³-hybridized carbons (Fsp3) is 0.188. The summed E-state index contributed by atoms with van der Waals surface area (Å²) in [6, 6.07) is 30.7. The van der Waals surface area contributed by atoms with Crippen molar-refractivity contribution in [2.45, 2.75) is 39.5 Å². The van der Waals surface area contributed by atoms with E-state index in [2.05, 4.69) is 186 Å². The summed E-state index contributed by atoms with van der Waals surface area (Å²) in [6.07, 6.45) is 47.3. The third-order valence-electron chi connectivity index (χ3n) is 12.8. The number of fused-ring (bicyclic) bond motifs is 8. The van der Waals surface area contributed by atoms with Gasteiger partial charge in [0.2, 0.25) is 0 Å². The molecule has 2 aliphatic heterocycles. The van der Waals surface area contributed by atoms with Crippen molar-refractivity contribution in [1.29, 1.82) is 0 Å². The molecule has 0 amide bonds. The first-order valence-corrected chi connectivity index (χ1v) is 26.4. The maximum Gasteiger partial charge on any atom is 2.00 e.